The Kier molecular flexibility index (Phi) is 3.65. The molecule has 1 aromatic heterocycles. The van der Waals surface area contributed by atoms with Crippen molar-refractivity contribution in [1.29, 1.82) is 0 Å². The summed E-state index contributed by atoms with van der Waals surface area (Å²) >= 11 is 9.49. The molecule has 0 fully saturated rings. The fourth-order valence-corrected chi connectivity index (χ4v) is 2.82. The molecule has 0 spiro atoms. The Balaban J connectivity index is 2.11. The molecule has 6 heteroatoms. The minimum absolute atomic E-state index is 0.433. The second-order valence-electron chi connectivity index (χ2n) is 4.72. The standard InChI is InChI=1S/C15H11BrClNO3/c1-18-12-5-2-8(6-13(12)21-15(18)20)14(19)10-7-9(16)3-4-11(10)17/h2-7,14,19H,1H3. The minimum atomic E-state index is -0.898. The summed E-state index contributed by atoms with van der Waals surface area (Å²) in [6.45, 7) is 0. The molecule has 21 heavy (non-hydrogen) atoms. The molecule has 1 atom stereocenters. The number of aliphatic hydroxyl groups excluding tert-OH is 1. The third-order valence-electron chi connectivity index (χ3n) is 3.38. The van der Waals surface area contributed by atoms with Crippen LogP contribution in [0.25, 0.3) is 11.1 Å². The molecular formula is C15H11BrClNO3. The maximum Gasteiger partial charge on any atom is 0.419 e. The first-order valence-corrected chi connectivity index (χ1v) is 7.37. The first-order chi connectivity index (χ1) is 9.97. The summed E-state index contributed by atoms with van der Waals surface area (Å²) in [6, 6.07) is 10.4. The summed E-state index contributed by atoms with van der Waals surface area (Å²) in [6.07, 6.45) is -0.898. The zero-order chi connectivity index (χ0) is 15.1. The topological polar surface area (TPSA) is 55.4 Å². The third-order valence-corrected chi connectivity index (χ3v) is 4.22. The lowest BCUT2D eigenvalue weighted by atomic mass is 10.0. The Morgan fingerprint density at radius 2 is 2.05 bits per heavy atom. The zero-order valence-corrected chi connectivity index (χ0v) is 13.4. The summed E-state index contributed by atoms with van der Waals surface area (Å²) in [7, 11) is 1.63. The van der Waals surface area contributed by atoms with E-state index in [-0.39, 0.29) is 0 Å². The van der Waals surface area contributed by atoms with E-state index in [0.717, 1.165) is 4.47 Å². The van der Waals surface area contributed by atoms with Gasteiger partial charge in [-0.15, -0.1) is 0 Å². The van der Waals surface area contributed by atoms with E-state index in [1.807, 2.05) is 0 Å². The second kappa shape index (κ2) is 5.33. The molecule has 1 N–H and O–H groups in total. The predicted molar refractivity (Wildman–Crippen MR) is 84.7 cm³/mol. The molecular weight excluding hydrogens is 358 g/mol. The van der Waals surface area contributed by atoms with Crippen LogP contribution in [0.3, 0.4) is 0 Å². The van der Waals surface area contributed by atoms with E-state index >= 15 is 0 Å². The van der Waals surface area contributed by atoms with Gasteiger partial charge in [-0.3, -0.25) is 4.57 Å². The lowest BCUT2D eigenvalue weighted by Gasteiger charge is -2.13. The Morgan fingerprint density at radius 3 is 2.81 bits per heavy atom. The fraction of sp³-hybridized carbons (Fsp3) is 0.133. The average Bonchev–Trinajstić information content (AvgIpc) is 2.75. The summed E-state index contributed by atoms with van der Waals surface area (Å²) < 4.78 is 7.37. The molecule has 1 heterocycles. The number of rotatable bonds is 2. The molecule has 0 saturated heterocycles. The van der Waals surface area contributed by atoms with E-state index in [4.69, 9.17) is 16.0 Å². The van der Waals surface area contributed by atoms with Crippen LogP contribution in [-0.2, 0) is 7.05 Å². The van der Waals surface area contributed by atoms with Crippen LogP contribution in [-0.4, -0.2) is 9.67 Å². The van der Waals surface area contributed by atoms with Gasteiger partial charge in [0.05, 0.1) is 5.52 Å². The monoisotopic (exact) mass is 367 g/mol. The molecule has 0 bridgehead atoms. The van der Waals surface area contributed by atoms with Crippen molar-refractivity contribution in [3.63, 3.8) is 0 Å². The number of nitrogens with zero attached hydrogens (tertiary/aromatic N) is 1. The van der Waals surface area contributed by atoms with Crippen molar-refractivity contribution in [2.24, 2.45) is 7.05 Å². The highest BCUT2D eigenvalue weighted by Crippen LogP contribution is 2.31. The normalized spacial score (nSPS) is 12.8. The van der Waals surface area contributed by atoms with Gasteiger partial charge in [-0.1, -0.05) is 33.6 Å². The van der Waals surface area contributed by atoms with Gasteiger partial charge in [0.25, 0.3) is 0 Å². The predicted octanol–water partition coefficient (Wildman–Crippen LogP) is 3.63. The number of aryl methyl sites for hydroxylation is 1. The van der Waals surface area contributed by atoms with Gasteiger partial charge in [-0.05, 0) is 35.9 Å². The van der Waals surface area contributed by atoms with Crippen molar-refractivity contribution in [3.8, 4) is 0 Å². The van der Waals surface area contributed by atoms with Crippen LogP contribution in [0.2, 0.25) is 5.02 Å². The van der Waals surface area contributed by atoms with Crippen molar-refractivity contribution >= 4 is 38.6 Å². The van der Waals surface area contributed by atoms with Gasteiger partial charge in [-0.2, -0.15) is 0 Å². The first-order valence-electron chi connectivity index (χ1n) is 6.20. The lowest BCUT2D eigenvalue weighted by molar-refractivity contribution is 0.220. The van der Waals surface area contributed by atoms with E-state index in [0.29, 0.717) is 27.2 Å². The summed E-state index contributed by atoms with van der Waals surface area (Å²) in [5, 5.41) is 11.0. The van der Waals surface area contributed by atoms with Crippen molar-refractivity contribution in [2.75, 3.05) is 0 Å². The summed E-state index contributed by atoms with van der Waals surface area (Å²) in [5.74, 6) is -0.433. The number of halogens is 2. The van der Waals surface area contributed by atoms with Crippen LogP contribution >= 0.6 is 27.5 Å². The number of aromatic nitrogens is 1. The van der Waals surface area contributed by atoms with Crippen LogP contribution in [0, 0.1) is 0 Å². The van der Waals surface area contributed by atoms with Crippen molar-refractivity contribution in [2.45, 2.75) is 6.10 Å². The second-order valence-corrected chi connectivity index (χ2v) is 6.05. The fourth-order valence-electron chi connectivity index (χ4n) is 2.22. The van der Waals surface area contributed by atoms with Crippen LogP contribution in [0.1, 0.15) is 17.2 Å². The molecule has 108 valence electrons. The SMILES string of the molecule is Cn1c(=O)oc2cc(C(O)c3cc(Br)ccc3Cl)ccc21. The molecule has 4 nitrogen and oxygen atoms in total. The average molecular weight is 369 g/mol. The van der Waals surface area contributed by atoms with E-state index in [1.54, 1.807) is 43.4 Å². The molecule has 3 aromatic rings. The number of fused-ring (bicyclic) bond motifs is 1. The van der Waals surface area contributed by atoms with Crippen LogP contribution in [0.4, 0.5) is 0 Å². The van der Waals surface area contributed by atoms with Crippen LogP contribution in [0.15, 0.2) is 50.1 Å². The van der Waals surface area contributed by atoms with Crippen molar-refractivity contribution in [1.82, 2.24) is 4.57 Å². The van der Waals surface area contributed by atoms with Gasteiger partial charge in [-0.25, -0.2) is 4.79 Å². The highest BCUT2D eigenvalue weighted by Gasteiger charge is 2.16. The van der Waals surface area contributed by atoms with Gasteiger partial charge in [0.1, 0.15) is 6.10 Å². The Bertz CT molecular complexity index is 884. The maximum absolute atomic E-state index is 11.5. The quantitative estimate of drug-likeness (QED) is 0.751. The Hall–Kier alpha value is -1.56. The summed E-state index contributed by atoms with van der Waals surface area (Å²) in [5.41, 5.74) is 2.31. The molecule has 3 rings (SSSR count). The highest BCUT2D eigenvalue weighted by atomic mass is 79.9. The van der Waals surface area contributed by atoms with Gasteiger partial charge in [0.2, 0.25) is 0 Å². The Morgan fingerprint density at radius 1 is 1.29 bits per heavy atom. The molecule has 0 amide bonds. The highest BCUT2D eigenvalue weighted by molar-refractivity contribution is 9.10. The van der Waals surface area contributed by atoms with E-state index in [9.17, 15) is 9.90 Å². The van der Waals surface area contributed by atoms with Crippen molar-refractivity contribution < 1.29 is 9.52 Å². The van der Waals surface area contributed by atoms with Crippen LogP contribution in [0.5, 0.6) is 0 Å². The number of hydrogen-bond acceptors (Lipinski definition) is 3. The minimum Gasteiger partial charge on any atom is -0.408 e. The van der Waals surface area contributed by atoms with E-state index in [2.05, 4.69) is 15.9 Å². The van der Waals surface area contributed by atoms with Crippen molar-refractivity contribution in [3.05, 3.63) is 67.6 Å². The maximum atomic E-state index is 11.5. The van der Waals surface area contributed by atoms with E-state index in [1.165, 1.54) is 4.57 Å². The number of aliphatic hydroxyl groups is 1. The smallest absolute Gasteiger partial charge is 0.408 e. The largest absolute Gasteiger partial charge is 0.419 e. The molecule has 0 aliphatic heterocycles. The first kappa shape index (κ1) is 14.4. The van der Waals surface area contributed by atoms with Gasteiger partial charge >= 0.3 is 5.76 Å². The van der Waals surface area contributed by atoms with Gasteiger partial charge in [0.15, 0.2) is 5.58 Å². The van der Waals surface area contributed by atoms with Gasteiger partial charge in [0, 0.05) is 22.1 Å². The molecule has 0 aliphatic carbocycles. The lowest BCUT2D eigenvalue weighted by Crippen LogP contribution is -2.08. The molecule has 2 aromatic carbocycles. The number of benzene rings is 2. The van der Waals surface area contributed by atoms with E-state index < -0.39 is 11.9 Å². The van der Waals surface area contributed by atoms with Crippen LogP contribution < -0.4 is 5.76 Å². The number of oxazole rings is 1. The van der Waals surface area contributed by atoms with Gasteiger partial charge < -0.3 is 9.52 Å². The zero-order valence-electron chi connectivity index (χ0n) is 11.0. The number of hydrogen-bond donors (Lipinski definition) is 1. The molecule has 0 radical (unpaired) electrons. The third kappa shape index (κ3) is 2.52. The molecule has 1 unspecified atom stereocenters. The summed E-state index contributed by atoms with van der Waals surface area (Å²) in [4.78, 5) is 11.5. The molecule has 0 saturated carbocycles. The Labute approximate surface area is 133 Å². The molecule has 0 aliphatic rings.